The fourth-order valence-electron chi connectivity index (χ4n) is 2.43. The number of amides is 3. The third-order valence-electron chi connectivity index (χ3n) is 3.95. The smallest absolute Gasteiger partial charge is 0.326 e. The number of hydrogen-bond acceptors (Lipinski definition) is 6. The maximum absolute atomic E-state index is 12.6. The van der Waals surface area contributed by atoms with E-state index >= 15 is 0 Å². The molecule has 0 heterocycles. The Balaban J connectivity index is 5.10. The Morgan fingerprint density at radius 2 is 1.25 bits per heavy atom. The first-order valence-corrected chi connectivity index (χ1v) is 9.39. The highest BCUT2D eigenvalue weighted by Crippen LogP contribution is 2.09. The minimum absolute atomic E-state index is 0.0529. The number of carboxylic acid groups (broad SMARTS) is 1. The Kier molecular flexibility index (Phi) is 11.3. The van der Waals surface area contributed by atoms with E-state index in [4.69, 9.17) is 10.8 Å². The number of aliphatic carboxylic acids is 1. The molecular formula is C18H34N4O6. The summed E-state index contributed by atoms with van der Waals surface area (Å²) in [6.07, 6.45) is 0.553. The summed E-state index contributed by atoms with van der Waals surface area (Å²) in [6.45, 7) is 8.26. The lowest BCUT2D eigenvalue weighted by molar-refractivity contribution is -0.143. The van der Waals surface area contributed by atoms with Crippen LogP contribution in [-0.2, 0) is 19.2 Å². The van der Waals surface area contributed by atoms with E-state index < -0.39 is 54.5 Å². The third kappa shape index (κ3) is 9.65. The van der Waals surface area contributed by atoms with E-state index in [0.717, 1.165) is 0 Å². The molecule has 0 radical (unpaired) electrons. The summed E-state index contributed by atoms with van der Waals surface area (Å²) < 4.78 is 0. The molecule has 0 aliphatic rings. The molecule has 0 fully saturated rings. The van der Waals surface area contributed by atoms with Gasteiger partial charge >= 0.3 is 5.97 Å². The normalized spacial score (nSPS) is 15.5. The Labute approximate surface area is 165 Å². The van der Waals surface area contributed by atoms with Gasteiger partial charge in [-0.1, -0.05) is 27.7 Å². The zero-order valence-electron chi connectivity index (χ0n) is 17.2. The van der Waals surface area contributed by atoms with Gasteiger partial charge < -0.3 is 31.9 Å². The fourth-order valence-corrected chi connectivity index (χ4v) is 2.43. The molecular weight excluding hydrogens is 368 g/mol. The summed E-state index contributed by atoms with van der Waals surface area (Å²) in [6, 6.07) is -4.15. The second-order valence-corrected chi connectivity index (χ2v) is 7.74. The molecule has 4 atom stereocenters. The highest BCUT2D eigenvalue weighted by atomic mass is 16.4. The lowest BCUT2D eigenvalue weighted by atomic mass is 10.0. The monoisotopic (exact) mass is 402 g/mol. The minimum atomic E-state index is -1.16. The Hall–Kier alpha value is -2.20. The van der Waals surface area contributed by atoms with Gasteiger partial charge in [0.05, 0.1) is 6.61 Å². The van der Waals surface area contributed by atoms with Gasteiger partial charge in [-0.3, -0.25) is 14.4 Å². The number of aliphatic hydroxyl groups excluding tert-OH is 1. The molecule has 28 heavy (non-hydrogen) atoms. The average molecular weight is 402 g/mol. The van der Waals surface area contributed by atoms with Crippen molar-refractivity contribution in [2.45, 2.75) is 71.6 Å². The Morgan fingerprint density at radius 1 is 0.786 bits per heavy atom. The largest absolute Gasteiger partial charge is 0.480 e. The first kappa shape index (κ1) is 25.8. The molecule has 0 aliphatic carbocycles. The molecule has 0 spiro atoms. The summed E-state index contributed by atoms with van der Waals surface area (Å²) in [5.41, 5.74) is 5.39. The molecule has 0 rings (SSSR count). The second-order valence-electron chi connectivity index (χ2n) is 7.74. The van der Waals surface area contributed by atoms with E-state index in [-0.39, 0.29) is 18.3 Å². The van der Waals surface area contributed by atoms with E-state index in [1.165, 1.54) is 6.92 Å². The zero-order valence-corrected chi connectivity index (χ0v) is 17.2. The topological polar surface area (TPSA) is 171 Å². The molecule has 0 bridgehead atoms. The van der Waals surface area contributed by atoms with Gasteiger partial charge in [0.25, 0.3) is 0 Å². The van der Waals surface area contributed by atoms with Gasteiger partial charge in [-0.2, -0.15) is 0 Å². The fraction of sp³-hybridized carbons (Fsp3) is 0.778. The van der Waals surface area contributed by atoms with Crippen molar-refractivity contribution in [3.05, 3.63) is 0 Å². The SMILES string of the molecule is CC(C)CC(NC(=O)C(CC(C)C)NC(=O)C(C)NC(=O)C(N)CO)C(=O)O. The summed E-state index contributed by atoms with van der Waals surface area (Å²) in [5.74, 6) is -2.94. The number of carbonyl (C=O) groups excluding carboxylic acids is 3. The van der Waals surface area contributed by atoms with Gasteiger partial charge in [0.15, 0.2) is 0 Å². The number of rotatable bonds is 12. The van der Waals surface area contributed by atoms with Crippen LogP contribution < -0.4 is 21.7 Å². The van der Waals surface area contributed by atoms with Crippen LogP contribution in [0.1, 0.15) is 47.5 Å². The maximum atomic E-state index is 12.6. The van der Waals surface area contributed by atoms with Crippen molar-refractivity contribution in [2.75, 3.05) is 6.61 Å². The van der Waals surface area contributed by atoms with Gasteiger partial charge in [-0.15, -0.1) is 0 Å². The number of hydrogen-bond donors (Lipinski definition) is 6. The van der Waals surface area contributed by atoms with E-state index in [9.17, 15) is 24.3 Å². The van der Waals surface area contributed by atoms with E-state index in [2.05, 4.69) is 16.0 Å². The summed E-state index contributed by atoms with van der Waals surface area (Å²) >= 11 is 0. The Bertz CT molecular complexity index is 552. The molecule has 0 aromatic rings. The Morgan fingerprint density at radius 3 is 1.68 bits per heavy atom. The van der Waals surface area contributed by atoms with Gasteiger partial charge in [-0.25, -0.2) is 4.79 Å². The highest BCUT2D eigenvalue weighted by Gasteiger charge is 2.29. The van der Waals surface area contributed by atoms with E-state index in [0.29, 0.717) is 6.42 Å². The number of nitrogens with two attached hydrogens (primary N) is 1. The van der Waals surface area contributed by atoms with Gasteiger partial charge in [-0.05, 0) is 31.6 Å². The number of aliphatic hydroxyl groups is 1. The van der Waals surface area contributed by atoms with Crippen molar-refractivity contribution in [1.29, 1.82) is 0 Å². The molecule has 3 amide bonds. The van der Waals surface area contributed by atoms with Crippen molar-refractivity contribution < 1.29 is 29.4 Å². The van der Waals surface area contributed by atoms with Crippen LogP contribution in [0.3, 0.4) is 0 Å². The van der Waals surface area contributed by atoms with Gasteiger partial charge in [0, 0.05) is 0 Å². The first-order chi connectivity index (χ1) is 12.9. The molecule has 0 aromatic heterocycles. The number of carboxylic acids is 1. The number of nitrogens with one attached hydrogen (secondary N) is 3. The van der Waals surface area contributed by atoms with Crippen LogP contribution in [0, 0.1) is 11.8 Å². The molecule has 0 saturated carbocycles. The maximum Gasteiger partial charge on any atom is 0.326 e. The average Bonchev–Trinajstić information content (AvgIpc) is 2.58. The van der Waals surface area contributed by atoms with Crippen LogP contribution in [0.2, 0.25) is 0 Å². The van der Waals surface area contributed by atoms with Crippen LogP contribution in [0.4, 0.5) is 0 Å². The van der Waals surface area contributed by atoms with Crippen LogP contribution >= 0.6 is 0 Å². The van der Waals surface area contributed by atoms with Crippen LogP contribution in [0.15, 0.2) is 0 Å². The molecule has 162 valence electrons. The second kappa shape index (κ2) is 12.3. The van der Waals surface area contributed by atoms with Crippen molar-refractivity contribution in [2.24, 2.45) is 17.6 Å². The molecule has 7 N–H and O–H groups in total. The summed E-state index contributed by atoms with van der Waals surface area (Å²) in [5, 5.41) is 25.5. The molecule has 0 aliphatic heterocycles. The molecule has 10 nitrogen and oxygen atoms in total. The van der Waals surface area contributed by atoms with Crippen molar-refractivity contribution >= 4 is 23.7 Å². The lowest BCUT2D eigenvalue weighted by Gasteiger charge is -2.25. The predicted molar refractivity (Wildman–Crippen MR) is 103 cm³/mol. The molecule has 10 heteroatoms. The lowest BCUT2D eigenvalue weighted by Crippen LogP contribution is -2.57. The van der Waals surface area contributed by atoms with Crippen LogP contribution in [-0.4, -0.2) is 64.7 Å². The quantitative estimate of drug-likeness (QED) is 0.242. The minimum Gasteiger partial charge on any atom is -0.480 e. The zero-order chi connectivity index (χ0) is 22.0. The first-order valence-electron chi connectivity index (χ1n) is 9.39. The summed E-state index contributed by atoms with van der Waals surface area (Å²) in [4.78, 5) is 48.0. The third-order valence-corrected chi connectivity index (χ3v) is 3.95. The standard InChI is InChI=1S/C18H34N4O6/c1-9(2)6-13(17(26)22-14(18(27)28)7-10(3)4)21-15(24)11(5)20-16(25)12(19)8-23/h9-14,23H,6-8,19H2,1-5H3,(H,20,25)(H,21,24)(H,22,26)(H,27,28). The van der Waals surface area contributed by atoms with Crippen LogP contribution in [0.5, 0.6) is 0 Å². The molecule has 0 aromatic carbocycles. The van der Waals surface area contributed by atoms with E-state index in [1.54, 1.807) is 0 Å². The number of carbonyl (C=O) groups is 4. The van der Waals surface area contributed by atoms with Gasteiger partial charge in [0.2, 0.25) is 17.7 Å². The van der Waals surface area contributed by atoms with E-state index in [1.807, 2.05) is 27.7 Å². The van der Waals surface area contributed by atoms with Gasteiger partial charge in [0.1, 0.15) is 24.2 Å². The molecule has 0 saturated heterocycles. The van der Waals surface area contributed by atoms with Crippen molar-refractivity contribution in [3.63, 3.8) is 0 Å². The summed E-state index contributed by atoms with van der Waals surface area (Å²) in [7, 11) is 0. The highest BCUT2D eigenvalue weighted by molar-refractivity contribution is 5.93. The van der Waals surface area contributed by atoms with Crippen molar-refractivity contribution in [1.82, 2.24) is 16.0 Å². The predicted octanol–water partition coefficient (Wildman–Crippen LogP) is -1.04. The van der Waals surface area contributed by atoms with Crippen LogP contribution in [0.25, 0.3) is 0 Å². The van der Waals surface area contributed by atoms with Crippen molar-refractivity contribution in [3.8, 4) is 0 Å². The molecule has 4 unspecified atom stereocenters.